The number of carbonyl (C=O) groups is 3. The number of esters is 1. The van der Waals surface area contributed by atoms with E-state index in [2.05, 4.69) is 10.2 Å². The molecule has 2 aromatic carbocycles. The number of carbonyl (C=O) groups excluding carboxylic acids is 3. The monoisotopic (exact) mass is 508 g/mol. The van der Waals surface area contributed by atoms with E-state index < -0.39 is 23.9 Å². The van der Waals surface area contributed by atoms with Gasteiger partial charge in [-0.3, -0.25) is 14.6 Å². The summed E-state index contributed by atoms with van der Waals surface area (Å²) in [6.07, 6.45) is 0. The molecule has 9 heteroatoms. The van der Waals surface area contributed by atoms with Gasteiger partial charge >= 0.3 is 12.0 Å². The van der Waals surface area contributed by atoms with Crippen molar-refractivity contribution < 1.29 is 23.5 Å². The molecule has 0 spiro atoms. The lowest BCUT2D eigenvalue weighted by Crippen LogP contribution is -2.56. The zero-order chi connectivity index (χ0) is 26.7. The van der Waals surface area contributed by atoms with Crippen molar-refractivity contribution in [3.63, 3.8) is 0 Å². The summed E-state index contributed by atoms with van der Waals surface area (Å²) >= 11 is 0. The van der Waals surface area contributed by atoms with Crippen molar-refractivity contribution >= 4 is 17.9 Å². The van der Waals surface area contributed by atoms with Crippen LogP contribution in [0, 0.1) is 12.7 Å². The lowest BCUT2D eigenvalue weighted by Gasteiger charge is -2.42. The van der Waals surface area contributed by atoms with Gasteiger partial charge in [0.25, 0.3) is 5.91 Å². The summed E-state index contributed by atoms with van der Waals surface area (Å²) in [4.78, 5) is 44.5. The van der Waals surface area contributed by atoms with Crippen LogP contribution in [0.15, 0.2) is 59.8 Å². The topological polar surface area (TPSA) is 82.2 Å². The Morgan fingerprint density at radius 2 is 1.86 bits per heavy atom. The molecule has 2 heterocycles. The second kappa shape index (κ2) is 11.1. The lowest BCUT2D eigenvalue weighted by molar-refractivity contribution is -0.139. The zero-order valence-corrected chi connectivity index (χ0v) is 21.7. The first-order valence-electron chi connectivity index (χ1n) is 12.5. The first-order chi connectivity index (χ1) is 17.7. The van der Waals surface area contributed by atoms with Crippen LogP contribution >= 0.6 is 0 Å². The van der Waals surface area contributed by atoms with Gasteiger partial charge in [0.1, 0.15) is 5.82 Å². The van der Waals surface area contributed by atoms with Gasteiger partial charge in [-0.15, -0.1) is 0 Å². The minimum Gasteiger partial charge on any atom is -0.463 e. The quantitative estimate of drug-likeness (QED) is 0.604. The largest absolute Gasteiger partial charge is 0.463 e. The van der Waals surface area contributed by atoms with Crippen LogP contribution in [0.5, 0.6) is 0 Å². The van der Waals surface area contributed by atoms with E-state index in [0.717, 1.165) is 5.56 Å². The second-order valence-electron chi connectivity index (χ2n) is 9.53. The fourth-order valence-electron chi connectivity index (χ4n) is 4.89. The summed E-state index contributed by atoms with van der Waals surface area (Å²) in [5.41, 5.74) is 2.99. The summed E-state index contributed by atoms with van der Waals surface area (Å²) in [7, 11) is 1.60. The van der Waals surface area contributed by atoms with Gasteiger partial charge in [0.15, 0.2) is 0 Å². The second-order valence-corrected chi connectivity index (χ2v) is 9.53. The molecule has 8 nitrogen and oxygen atoms in total. The van der Waals surface area contributed by atoms with Gasteiger partial charge in [-0.25, -0.2) is 14.0 Å². The van der Waals surface area contributed by atoms with E-state index in [4.69, 9.17) is 4.74 Å². The summed E-state index contributed by atoms with van der Waals surface area (Å²) in [5.74, 6) is -1.03. The number of ether oxygens (including phenoxy) is 1. The van der Waals surface area contributed by atoms with Crippen molar-refractivity contribution in [2.45, 2.75) is 32.9 Å². The molecule has 0 aliphatic carbocycles. The summed E-state index contributed by atoms with van der Waals surface area (Å²) < 4.78 is 19.4. The van der Waals surface area contributed by atoms with Crippen LogP contribution < -0.4 is 5.32 Å². The highest BCUT2D eigenvalue weighted by Crippen LogP contribution is 2.32. The van der Waals surface area contributed by atoms with Gasteiger partial charge < -0.3 is 15.0 Å². The highest BCUT2D eigenvalue weighted by Gasteiger charge is 2.38. The van der Waals surface area contributed by atoms with Gasteiger partial charge in [0.05, 0.1) is 18.2 Å². The highest BCUT2D eigenvalue weighted by atomic mass is 19.1. The average molecular weight is 509 g/mol. The van der Waals surface area contributed by atoms with Crippen LogP contribution in [-0.2, 0) is 9.53 Å². The fraction of sp³-hybridized carbons (Fsp3) is 0.393. The molecule has 0 radical (unpaired) electrons. The molecular weight excluding hydrogens is 475 g/mol. The van der Waals surface area contributed by atoms with E-state index in [0.29, 0.717) is 43.0 Å². The van der Waals surface area contributed by atoms with Crippen LogP contribution in [0.3, 0.4) is 0 Å². The summed E-state index contributed by atoms with van der Waals surface area (Å²) in [5, 5.41) is 2.81. The molecule has 3 amide bonds. The smallest absolute Gasteiger partial charge is 0.338 e. The minimum absolute atomic E-state index is 0.0149. The molecule has 2 aromatic rings. The number of hydrogen-bond acceptors (Lipinski definition) is 5. The predicted molar refractivity (Wildman–Crippen MR) is 137 cm³/mol. The van der Waals surface area contributed by atoms with E-state index in [-0.39, 0.29) is 24.1 Å². The third kappa shape index (κ3) is 5.67. The normalized spacial score (nSPS) is 20.6. The van der Waals surface area contributed by atoms with Crippen LogP contribution in [0.2, 0.25) is 0 Å². The Morgan fingerprint density at radius 3 is 2.51 bits per heavy atom. The van der Waals surface area contributed by atoms with Gasteiger partial charge in [-0.1, -0.05) is 29.8 Å². The molecule has 0 unspecified atom stereocenters. The van der Waals surface area contributed by atoms with Crippen LogP contribution in [0.4, 0.5) is 9.18 Å². The lowest BCUT2D eigenvalue weighted by atomic mass is 9.94. The maximum atomic E-state index is 14.0. The van der Waals surface area contributed by atoms with Crippen molar-refractivity contribution in [1.82, 2.24) is 20.0 Å². The number of benzene rings is 2. The Kier molecular flexibility index (Phi) is 7.92. The number of urea groups is 1. The Bertz CT molecular complexity index is 1210. The molecule has 2 atom stereocenters. The first-order valence-corrected chi connectivity index (χ1v) is 12.5. The van der Waals surface area contributed by atoms with Crippen molar-refractivity contribution in [2.75, 3.05) is 39.8 Å². The molecule has 1 fully saturated rings. The Morgan fingerprint density at radius 1 is 1.14 bits per heavy atom. The third-order valence-corrected chi connectivity index (χ3v) is 6.90. The Balaban J connectivity index is 1.59. The van der Waals surface area contributed by atoms with Crippen LogP contribution in [0.25, 0.3) is 0 Å². The molecule has 1 saturated heterocycles. The van der Waals surface area contributed by atoms with E-state index in [1.54, 1.807) is 26.1 Å². The number of piperazine rings is 1. The third-order valence-electron chi connectivity index (χ3n) is 6.90. The van der Waals surface area contributed by atoms with Gasteiger partial charge in [0.2, 0.25) is 0 Å². The highest BCUT2D eigenvalue weighted by molar-refractivity contribution is 5.95. The van der Waals surface area contributed by atoms with Gasteiger partial charge in [-0.05, 0) is 50.6 Å². The number of amides is 3. The van der Waals surface area contributed by atoms with Gasteiger partial charge in [-0.2, -0.15) is 0 Å². The van der Waals surface area contributed by atoms with Crippen molar-refractivity contribution in [1.29, 1.82) is 0 Å². The molecule has 4 rings (SSSR count). The molecule has 1 N–H and O–H groups in total. The molecule has 2 aliphatic rings. The Labute approximate surface area is 216 Å². The number of rotatable bonds is 6. The summed E-state index contributed by atoms with van der Waals surface area (Å²) in [6, 6.07) is 12.1. The number of likely N-dealkylation sites (N-methyl/N-ethyl adjacent to an activating group) is 1. The predicted octanol–water partition coefficient (Wildman–Crippen LogP) is 3.49. The zero-order valence-electron chi connectivity index (χ0n) is 21.7. The van der Waals surface area contributed by atoms with E-state index >= 15 is 0 Å². The minimum atomic E-state index is -0.838. The molecular formula is C28H33FN4O4. The fourth-order valence-corrected chi connectivity index (χ4v) is 4.89. The SMILES string of the molecule is CCOC(=O)C1=C(CN2CCN(C(=O)c3ccc(C)cc3)[C@H](C)C2)N(C)C(=O)N[C@@H]1c1cccc(F)c1. The molecule has 2 aliphatic heterocycles. The number of nitrogens with one attached hydrogen (secondary N) is 1. The molecule has 37 heavy (non-hydrogen) atoms. The average Bonchev–Trinajstić information content (AvgIpc) is 2.87. The van der Waals surface area contributed by atoms with Gasteiger partial charge in [0, 0.05) is 50.5 Å². The number of hydrogen-bond donors (Lipinski definition) is 1. The maximum Gasteiger partial charge on any atom is 0.338 e. The molecule has 0 bridgehead atoms. The Hall–Kier alpha value is -3.72. The molecule has 0 aromatic heterocycles. The maximum absolute atomic E-state index is 14.0. The van der Waals surface area contributed by atoms with Crippen molar-refractivity contribution in [3.05, 3.63) is 82.3 Å². The van der Waals surface area contributed by atoms with Crippen LogP contribution in [-0.4, -0.2) is 78.5 Å². The first kappa shape index (κ1) is 26.3. The van der Waals surface area contributed by atoms with E-state index in [9.17, 15) is 18.8 Å². The molecule has 0 saturated carbocycles. The number of halogens is 1. The van der Waals surface area contributed by atoms with E-state index in [1.165, 1.54) is 17.0 Å². The van der Waals surface area contributed by atoms with Crippen molar-refractivity contribution in [2.24, 2.45) is 0 Å². The summed E-state index contributed by atoms with van der Waals surface area (Å²) in [6.45, 7) is 7.81. The number of aryl methyl sites for hydroxylation is 1. The van der Waals surface area contributed by atoms with Crippen molar-refractivity contribution in [3.8, 4) is 0 Å². The van der Waals surface area contributed by atoms with Crippen LogP contribution in [0.1, 0.15) is 41.4 Å². The number of nitrogens with zero attached hydrogens (tertiary/aromatic N) is 3. The van der Waals surface area contributed by atoms with E-state index in [1.807, 2.05) is 43.0 Å². The molecule has 196 valence electrons. The standard InChI is InChI=1S/C28H33FN4O4/c1-5-37-27(35)24-23(31(4)28(36)30-25(24)21-7-6-8-22(29)15-21)17-32-13-14-33(19(3)16-32)26(34)20-11-9-18(2)10-12-20/h6-12,15,19,25H,5,13-14,16-17H2,1-4H3,(H,30,36)/t19-,25-/m1/s1.